The van der Waals surface area contributed by atoms with Crippen LogP contribution in [-0.2, 0) is 15.0 Å². The van der Waals surface area contributed by atoms with Gasteiger partial charge in [-0.05, 0) is 0 Å². The van der Waals surface area contributed by atoms with Gasteiger partial charge < -0.3 is 5.73 Å². The molecule has 0 aromatic rings. The van der Waals surface area contributed by atoms with Crippen molar-refractivity contribution in [2.24, 2.45) is 5.73 Å². The largest absolute Gasteiger partial charge is 0.393 e. The van der Waals surface area contributed by atoms with Crippen molar-refractivity contribution in [1.29, 1.82) is 0 Å². The molecule has 0 aliphatic carbocycles. The van der Waals surface area contributed by atoms with Crippen LogP contribution in [0.4, 0.5) is 0 Å². The van der Waals surface area contributed by atoms with Crippen molar-refractivity contribution in [2.75, 3.05) is 7.05 Å². The van der Waals surface area contributed by atoms with Crippen molar-refractivity contribution in [2.45, 2.75) is 0 Å². The van der Waals surface area contributed by atoms with Gasteiger partial charge in [0.2, 0.25) is 0 Å². The maximum atomic E-state index is 10.8. The Morgan fingerprint density at radius 2 is 2.18 bits per heavy atom. The standard InChI is InChI=1S/C4H7N3O3S/c1-7-2-3(5)4(8)6-11(7,9)10/h2H,5H2,1H3,(H,6,8). The smallest absolute Gasteiger partial charge is 0.325 e. The summed E-state index contributed by atoms with van der Waals surface area (Å²) in [5.41, 5.74) is 5.01. The van der Waals surface area contributed by atoms with Crippen molar-refractivity contribution >= 4 is 16.1 Å². The van der Waals surface area contributed by atoms with E-state index < -0.39 is 16.1 Å². The van der Waals surface area contributed by atoms with Gasteiger partial charge in [0, 0.05) is 13.2 Å². The van der Waals surface area contributed by atoms with Gasteiger partial charge in [-0.2, -0.15) is 8.42 Å². The molecule has 7 heteroatoms. The molecule has 0 atom stereocenters. The number of hydrogen-bond donors (Lipinski definition) is 2. The Labute approximate surface area is 63.8 Å². The Morgan fingerprint density at radius 3 is 2.64 bits per heavy atom. The summed E-state index contributed by atoms with van der Waals surface area (Å²) in [5, 5.41) is 0. The topological polar surface area (TPSA) is 92.5 Å². The molecule has 0 bridgehead atoms. The number of nitrogens with two attached hydrogens (primary N) is 1. The molecule has 1 heterocycles. The maximum absolute atomic E-state index is 10.8. The van der Waals surface area contributed by atoms with Gasteiger partial charge >= 0.3 is 10.2 Å². The highest BCUT2D eigenvalue weighted by atomic mass is 32.2. The van der Waals surface area contributed by atoms with Crippen molar-refractivity contribution < 1.29 is 13.2 Å². The predicted octanol–water partition coefficient (Wildman–Crippen LogP) is -1.91. The van der Waals surface area contributed by atoms with E-state index in [-0.39, 0.29) is 5.70 Å². The Morgan fingerprint density at radius 1 is 1.64 bits per heavy atom. The fourth-order valence-corrected chi connectivity index (χ4v) is 1.32. The molecule has 1 aliphatic rings. The van der Waals surface area contributed by atoms with E-state index in [1.165, 1.54) is 7.05 Å². The zero-order valence-corrected chi connectivity index (χ0v) is 6.55. The van der Waals surface area contributed by atoms with Crippen molar-refractivity contribution in [3.05, 3.63) is 11.9 Å². The first kappa shape index (κ1) is 7.86. The zero-order valence-electron chi connectivity index (χ0n) is 5.73. The van der Waals surface area contributed by atoms with Gasteiger partial charge in [0.05, 0.1) is 0 Å². The van der Waals surface area contributed by atoms with E-state index in [0.29, 0.717) is 0 Å². The molecule has 0 radical (unpaired) electrons. The Balaban J connectivity index is 3.13. The molecule has 0 aromatic carbocycles. The highest BCUT2D eigenvalue weighted by Crippen LogP contribution is 2.03. The van der Waals surface area contributed by atoms with Crippen LogP contribution in [-0.4, -0.2) is 25.7 Å². The van der Waals surface area contributed by atoms with E-state index in [9.17, 15) is 13.2 Å². The number of amides is 1. The van der Waals surface area contributed by atoms with Crippen LogP contribution >= 0.6 is 0 Å². The zero-order chi connectivity index (χ0) is 8.65. The highest BCUT2D eigenvalue weighted by molar-refractivity contribution is 7.87. The predicted molar refractivity (Wildman–Crippen MR) is 37.1 cm³/mol. The molecule has 0 spiro atoms. The van der Waals surface area contributed by atoms with Crippen LogP contribution < -0.4 is 10.5 Å². The van der Waals surface area contributed by atoms with Gasteiger partial charge in [0.1, 0.15) is 5.70 Å². The normalized spacial score (nSPS) is 22.5. The molecule has 0 unspecified atom stereocenters. The van der Waals surface area contributed by atoms with Crippen LogP contribution in [0.5, 0.6) is 0 Å². The number of carbonyl (C=O) groups is 1. The maximum Gasteiger partial charge on any atom is 0.325 e. The fraction of sp³-hybridized carbons (Fsp3) is 0.250. The molecule has 6 nitrogen and oxygen atoms in total. The first-order valence-corrected chi connectivity index (χ1v) is 4.15. The summed E-state index contributed by atoms with van der Waals surface area (Å²) in [5.74, 6) is -0.789. The van der Waals surface area contributed by atoms with Gasteiger partial charge in [-0.1, -0.05) is 0 Å². The second kappa shape index (κ2) is 2.12. The Kier molecular flexibility index (Phi) is 1.52. The van der Waals surface area contributed by atoms with Crippen molar-refractivity contribution in [1.82, 2.24) is 9.03 Å². The summed E-state index contributed by atoms with van der Waals surface area (Å²) in [6, 6.07) is 0. The van der Waals surface area contributed by atoms with Gasteiger partial charge in [0.15, 0.2) is 0 Å². The molecule has 0 saturated heterocycles. The second-order valence-electron chi connectivity index (χ2n) is 2.04. The third kappa shape index (κ3) is 1.27. The molecule has 11 heavy (non-hydrogen) atoms. The minimum Gasteiger partial charge on any atom is -0.393 e. The number of nitrogens with one attached hydrogen (secondary N) is 1. The molecule has 0 aromatic heterocycles. The van der Waals surface area contributed by atoms with Crippen LogP contribution in [0.3, 0.4) is 0 Å². The average molecular weight is 177 g/mol. The van der Waals surface area contributed by atoms with E-state index in [0.717, 1.165) is 10.5 Å². The number of rotatable bonds is 0. The van der Waals surface area contributed by atoms with E-state index in [1.54, 1.807) is 4.72 Å². The summed E-state index contributed by atoms with van der Waals surface area (Å²) in [7, 11) is -2.39. The fourth-order valence-electron chi connectivity index (χ4n) is 0.572. The second-order valence-corrected chi connectivity index (χ2v) is 3.77. The lowest BCUT2D eigenvalue weighted by atomic mass is 10.5. The molecule has 62 valence electrons. The monoisotopic (exact) mass is 177 g/mol. The number of carbonyl (C=O) groups excluding carboxylic acids is 1. The van der Waals surface area contributed by atoms with E-state index in [4.69, 9.17) is 5.73 Å². The van der Waals surface area contributed by atoms with Crippen LogP contribution in [0.15, 0.2) is 11.9 Å². The van der Waals surface area contributed by atoms with E-state index in [1.807, 2.05) is 0 Å². The lowest BCUT2D eigenvalue weighted by Gasteiger charge is -2.20. The summed E-state index contributed by atoms with van der Waals surface area (Å²) < 4.78 is 24.2. The SMILES string of the molecule is CN1C=C(N)C(=O)NS1(=O)=O. The first-order chi connectivity index (χ1) is 4.93. The highest BCUT2D eigenvalue weighted by Gasteiger charge is 2.25. The molecule has 1 amide bonds. The quantitative estimate of drug-likeness (QED) is 0.451. The lowest BCUT2D eigenvalue weighted by Crippen LogP contribution is -2.45. The van der Waals surface area contributed by atoms with E-state index >= 15 is 0 Å². The third-order valence-corrected chi connectivity index (χ3v) is 2.49. The minimum atomic E-state index is -3.67. The van der Waals surface area contributed by atoms with Gasteiger partial charge in [-0.15, -0.1) is 0 Å². The summed E-state index contributed by atoms with van der Waals surface area (Å²) in [4.78, 5) is 10.6. The van der Waals surface area contributed by atoms with Crippen molar-refractivity contribution in [3.8, 4) is 0 Å². The molecule has 3 N–H and O–H groups in total. The molecule has 0 saturated carbocycles. The van der Waals surface area contributed by atoms with Crippen LogP contribution in [0.2, 0.25) is 0 Å². The molecule has 1 rings (SSSR count). The van der Waals surface area contributed by atoms with Gasteiger partial charge in [-0.25, -0.2) is 4.72 Å². The van der Waals surface area contributed by atoms with Crippen LogP contribution in [0.25, 0.3) is 0 Å². The molecular formula is C4H7N3O3S. The summed E-state index contributed by atoms with van der Waals surface area (Å²) in [6.07, 6.45) is 1.05. The van der Waals surface area contributed by atoms with Gasteiger partial charge in [-0.3, -0.25) is 9.10 Å². The lowest BCUT2D eigenvalue weighted by molar-refractivity contribution is -0.116. The molecular weight excluding hydrogens is 170 g/mol. The third-order valence-electron chi connectivity index (χ3n) is 1.18. The van der Waals surface area contributed by atoms with Crippen LogP contribution in [0, 0.1) is 0 Å². The van der Waals surface area contributed by atoms with Gasteiger partial charge in [0.25, 0.3) is 5.91 Å². The Hall–Kier alpha value is -1.24. The Bertz CT molecular complexity index is 317. The number of nitrogens with zero attached hydrogens (tertiary/aromatic N) is 1. The minimum absolute atomic E-state index is 0.123. The average Bonchev–Trinajstić information content (AvgIpc) is 1.83. The van der Waals surface area contributed by atoms with Crippen LogP contribution in [0.1, 0.15) is 0 Å². The summed E-state index contributed by atoms with van der Waals surface area (Å²) in [6.45, 7) is 0. The molecule has 0 fully saturated rings. The summed E-state index contributed by atoms with van der Waals surface area (Å²) >= 11 is 0. The van der Waals surface area contributed by atoms with E-state index in [2.05, 4.69) is 0 Å². The van der Waals surface area contributed by atoms with Crippen molar-refractivity contribution in [3.63, 3.8) is 0 Å². The number of hydrogen-bond acceptors (Lipinski definition) is 4. The first-order valence-electron chi connectivity index (χ1n) is 2.71. The molecule has 1 aliphatic heterocycles.